The van der Waals surface area contributed by atoms with Crippen LogP contribution >= 0.6 is 0 Å². The molecule has 0 aliphatic carbocycles. The Bertz CT molecular complexity index is 745. The summed E-state index contributed by atoms with van der Waals surface area (Å²) in [6.45, 7) is 8.68. The Morgan fingerprint density at radius 3 is 1.33 bits per heavy atom. The van der Waals surface area contributed by atoms with Gasteiger partial charge in [0.05, 0.1) is 0 Å². The normalized spacial score (nSPS) is 9.33. The van der Waals surface area contributed by atoms with Crippen LogP contribution in [0, 0.1) is 7.43 Å². The van der Waals surface area contributed by atoms with E-state index in [1.807, 2.05) is 0 Å². The molecule has 0 saturated heterocycles. The van der Waals surface area contributed by atoms with Crippen LogP contribution in [-0.2, 0) is 38.7 Å². The molecule has 0 unspecified atom stereocenters. The zero-order valence-corrected chi connectivity index (χ0v) is 20.2. The van der Waals surface area contributed by atoms with E-state index in [0.717, 1.165) is 22.4 Å². The molecule has 4 aromatic carbocycles. The van der Waals surface area contributed by atoms with Crippen molar-refractivity contribution in [1.82, 2.24) is 0 Å². The molecule has 27 heavy (non-hydrogen) atoms. The van der Waals surface area contributed by atoms with Crippen molar-refractivity contribution in [3.05, 3.63) is 91.3 Å². The SMILES string of the molecule is CCc1cc2ccccc2[cH-]1.CCc1cc2ccccc2[cH-]1.C[Si]C.[CH3-].[Sc+3]. The number of aryl methyl sites for hydroxylation is 2. The van der Waals surface area contributed by atoms with Gasteiger partial charge in [0.2, 0.25) is 0 Å². The summed E-state index contributed by atoms with van der Waals surface area (Å²) in [5.41, 5.74) is 2.87. The van der Waals surface area contributed by atoms with Crippen LogP contribution in [0.15, 0.2) is 72.8 Å². The second kappa shape index (κ2) is 13.8. The molecule has 138 valence electrons. The number of benzene rings is 2. The summed E-state index contributed by atoms with van der Waals surface area (Å²) in [6, 6.07) is 26.0. The van der Waals surface area contributed by atoms with E-state index in [4.69, 9.17) is 0 Å². The summed E-state index contributed by atoms with van der Waals surface area (Å²) in [5, 5.41) is 5.46. The van der Waals surface area contributed by atoms with Crippen molar-refractivity contribution in [2.45, 2.75) is 39.8 Å². The molecule has 4 aromatic rings. The van der Waals surface area contributed by atoms with Crippen molar-refractivity contribution in [3.63, 3.8) is 0 Å². The molecule has 0 aliphatic heterocycles. The molecule has 0 aliphatic rings. The van der Waals surface area contributed by atoms with Gasteiger partial charge in [-0.3, -0.25) is 0 Å². The van der Waals surface area contributed by atoms with Gasteiger partial charge in [-0.1, -0.05) is 39.1 Å². The van der Waals surface area contributed by atoms with E-state index in [0.29, 0.717) is 0 Å². The minimum Gasteiger partial charge on any atom is -0.358 e. The summed E-state index contributed by atoms with van der Waals surface area (Å²) in [7, 11) is 1.08. The summed E-state index contributed by atoms with van der Waals surface area (Å²) >= 11 is 0. The fourth-order valence-corrected chi connectivity index (χ4v) is 2.84. The Balaban J connectivity index is 0.000000412. The predicted molar refractivity (Wildman–Crippen MR) is 122 cm³/mol. The van der Waals surface area contributed by atoms with Crippen LogP contribution in [0.3, 0.4) is 0 Å². The molecule has 2 radical (unpaired) electrons. The van der Waals surface area contributed by atoms with Crippen molar-refractivity contribution in [2.75, 3.05) is 0 Å². The molecule has 0 N–H and O–H groups in total. The molecule has 0 aromatic heterocycles. The Morgan fingerprint density at radius 2 is 1.04 bits per heavy atom. The molecule has 0 spiro atoms. The van der Waals surface area contributed by atoms with Crippen LogP contribution < -0.4 is 0 Å². The van der Waals surface area contributed by atoms with Crippen molar-refractivity contribution >= 4 is 31.1 Å². The first-order chi connectivity index (χ1) is 12.2. The van der Waals surface area contributed by atoms with E-state index in [-0.39, 0.29) is 33.3 Å². The van der Waals surface area contributed by atoms with E-state index < -0.39 is 0 Å². The summed E-state index contributed by atoms with van der Waals surface area (Å²) < 4.78 is 0. The zero-order chi connectivity index (χ0) is 18.1. The van der Waals surface area contributed by atoms with Crippen molar-refractivity contribution < 1.29 is 25.8 Å². The molecule has 0 bridgehead atoms. The van der Waals surface area contributed by atoms with Crippen molar-refractivity contribution in [2.24, 2.45) is 0 Å². The van der Waals surface area contributed by atoms with E-state index in [1.54, 1.807) is 0 Å². The van der Waals surface area contributed by atoms with Gasteiger partial charge in [-0.05, 0) is 12.8 Å². The van der Waals surface area contributed by atoms with Crippen LogP contribution in [0.1, 0.15) is 25.0 Å². The maximum absolute atomic E-state index is 2.26. The number of hydrogen-bond acceptors (Lipinski definition) is 0. The van der Waals surface area contributed by atoms with Gasteiger partial charge in [0, 0.05) is 9.52 Å². The third-order valence-corrected chi connectivity index (χ3v) is 4.17. The molecule has 0 atom stereocenters. The molecule has 4 rings (SSSR count). The molecular weight excluding hydrogens is 373 g/mol. The van der Waals surface area contributed by atoms with E-state index in [1.165, 1.54) is 32.7 Å². The van der Waals surface area contributed by atoms with E-state index in [9.17, 15) is 0 Å². The molecular formula is C25H31ScSi. The van der Waals surface area contributed by atoms with Crippen molar-refractivity contribution in [3.8, 4) is 0 Å². The minimum atomic E-state index is 0. The minimum absolute atomic E-state index is 0. The van der Waals surface area contributed by atoms with Gasteiger partial charge >= 0.3 is 25.8 Å². The van der Waals surface area contributed by atoms with Gasteiger partial charge in [-0.2, -0.15) is 12.1 Å². The van der Waals surface area contributed by atoms with E-state index >= 15 is 0 Å². The quantitative estimate of drug-likeness (QED) is 0.240. The maximum atomic E-state index is 2.26. The van der Waals surface area contributed by atoms with Crippen molar-refractivity contribution in [1.29, 1.82) is 0 Å². The monoisotopic (exact) mass is 404 g/mol. The Morgan fingerprint density at radius 1 is 0.704 bits per heavy atom. The van der Waals surface area contributed by atoms with Crippen LogP contribution in [0.25, 0.3) is 21.5 Å². The molecule has 0 saturated carbocycles. The Hall–Kier alpha value is -1.25. The largest absolute Gasteiger partial charge is 3.00 e. The fraction of sp³-hybridized carbons (Fsp3) is 0.240. The fourth-order valence-electron chi connectivity index (χ4n) is 2.84. The number of rotatable bonds is 2. The molecule has 0 heterocycles. The predicted octanol–water partition coefficient (Wildman–Crippen LogP) is 7.48. The number of fused-ring (bicyclic) bond motifs is 2. The van der Waals surface area contributed by atoms with Gasteiger partial charge in [-0.15, -0.1) is 81.2 Å². The van der Waals surface area contributed by atoms with Gasteiger partial charge in [0.1, 0.15) is 0 Å². The van der Waals surface area contributed by atoms with Crippen LogP contribution in [0.4, 0.5) is 0 Å². The van der Waals surface area contributed by atoms with Gasteiger partial charge in [0.25, 0.3) is 0 Å². The Labute approximate surface area is 187 Å². The van der Waals surface area contributed by atoms with Crippen LogP contribution in [0.5, 0.6) is 0 Å². The third kappa shape index (κ3) is 7.71. The maximum Gasteiger partial charge on any atom is 3.00 e. The van der Waals surface area contributed by atoms with Gasteiger partial charge < -0.3 is 7.43 Å². The van der Waals surface area contributed by atoms with Crippen LogP contribution in [0.2, 0.25) is 13.1 Å². The summed E-state index contributed by atoms with van der Waals surface area (Å²) in [5.74, 6) is 0. The second-order valence-corrected chi connectivity index (χ2v) is 7.19. The van der Waals surface area contributed by atoms with E-state index in [2.05, 4.69) is 99.7 Å². The van der Waals surface area contributed by atoms with Crippen LogP contribution in [-0.4, -0.2) is 9.52 Å². The molecule has 0 nitrogen and oxygen atoms in total. The first kappa shape index (κ1) is 25.7. The number of hydrogen-bond donors (Lipinski definition) is 0. The molecule has 0 fully saturated rings. The summed E-state index contributed by atoms with van der Waals surface area (Å²) in [6.07, 6.45) is 2.27. The second-order valence-electron chi connectivity index (χ2n) is 6.19. The van der Waals surface area contributed by atoms with Gasteiger partial charge in [-0.25, -0.2) is 0 Å². The standard InChI is InChI=1S/2C11H11.C2H6Si.CH3.Sc/c2*1-2-9-7-10-5-3-4-6-11(10)8-9;1-3-2;;/h2*3-8H,2H2,1H3;1-2H3;1H3;/q2*-1;;-1;+3. The smallest absolute Gasteiger partial charge is 0.358 e. The Kier molecular flexibility index (Phi) is 13.2. The first-order valence-corrected chi connectivity index (χ1v) is 11.1. The average Bonchev–Trinajstić information content (AvgIpc) is 3.26. The topological polar surface area (TPSA) is 0 Å². The third-order valence-electron chi connectivity index (χ3n) is 4.17. The zero-order valence-electron chi connectivity index (χ0n) is 17.4. The van der Waals surface area contributed by atoms with Gasteiger partial charge in [0.15, 0.2) is 0 Å². The average molecular weight is 405 g/mol. The first-order valence-electron chi connectivity index (χ1n) is 9.09. The molecule has 2 heteroatoms. The summed E-state index contributed by atoms with van der Waals surface area (Å²) in [4.78, 5) is 0. The molecule has 0 amide bonds.